The molecule has 0 radical (unpaired) electrons. The number of nitrogens with one attached hydrogen (secondary N) is 1. The number of amides is 2. The van der Waals surface area contributed by atoms with E-state index in [4.69, 9.17) is 23.2 Å². The Balaban J connectivity index is 2.08. The first kappa shape index (κ1) is 34.2. The summed E-state index contributed by atoms with van der Waals surface area (Å²) in [6, 6.07) is 17.1. The van der Waals surface area contributed by atoms with Crippen molar-refractivity contribution in [1.82, 2.24) is 10.2 Å². The highest BCUT2D eigenvalue weighted by Crippen LogP contribution is 2.37. The smallest absolute Gasteiger partial charge is 0.354 e. The molecule has 0 bridgehead atoms. The predicted octanol–water partition coefficient (Wildman–Crippen LogP) is 6.33. The molecule has 0 spiro atoms. The number of benzene rings is 3. The van der Waals surface area contributed by atoms with Gasteiger partial charge in [-0.1, -0.05) is 79.0 Å². The molecule has 7 nitrogen and oxygen atoms in total. The highest BCUT2D eigenvalue weighted by molar-refractivity contribution is 7.92. The van der Waals surface area contributed by atoms with Gasteiger partial charge in [0.05, 0.1) is 22.5 Å². The zero-order valence-corrected chi connectivity index (χ0v) is 25.9. The van der Waals surface area contributed by atoms with Gasteiger partial charge in [0.1, 0.15) is 12.6 Å². The SMILES string of the molecule is CCCCNC(=O)[C@@H](Cc1ccccc1)N(Cc1cccc(Cl)c1)C(=O)CN(c1ccc(Cl)c(C(F)(F)F)c1)S(C)(=O)=O. The molecule has 3 rings (SSSR count). The summed E-state index contributed by atoms with van der Waals surface area (Å²) >= 11 is 11.9. The lowest BCUT2D eigenvalue weighted by atomic mass is 10.0. The second kappa shape index (κ2) is 14.9. The van der Waals surface area contributed by atoms with Crippen LogP contribution in [0, 0.1) is 0 Å². The minimum Gasteiger partial charge on any atom is -0.354 e. The number of unbranched alkanes of at least 4 members (excludes halogenated alkanes) is 1. The Bertz CT molecular complexity index is 1520. The fraction of sp³-hybridized carbons (Fsp3) is 0.333. The number of sulfonamides is 1. The number of carbonyl (C=O) groups is 2. The first-order chi connectivity index (χ1) is 20.2. The van der Waals surface area contributed by atoms with Gasteiger partial charge in [-0.3, -0.25) is 13.9 Å². The van der Waals surface area contributed by atoms with E-state index in [0.717, 1.165) is 30.4 Å². The highest BCUT2D eigenvalue weighted by atomic mass is 35.5. The number of rotatable bonds is 13. The molecule has 0 aliphatic heterocycles. The second-order valence-corrected chi connectivity index (χ2v) is 12.7. The normalized spacial score (nSPS) is 12.4. The summed E-state index contributed by atoms with van der Waals surface area (Å²) in [5.41, 5.74) is -0.338. The molecule has 3 aromatic carbocycles. The first-order valence-electron chi connectivity index (χ1n) is 13.4. The van der Waals surface area contributed by atoms with Crippen LogP contribution in [0.1, 0.15) is 36.5 Å². The van der Waals surface area contributed by atoms with E-state index in [2.05, 4.69) is 5.32 Å². The van der Waals surface area contributed by atoms with Crippen LogP contribution in [0.2, 0.25) is 10.0 Å². The highest BCUT2D eigenvalue weighted by Gasteiger charge is 2.36. The second-order valence-electron chi connectivity index (χ2n) is 9.93. The number of hydrogen-bond acceptors (Lipinski definition) is 4. The topological polar surface area (TPSA) is 86.8 Å². The molecule has 0 saturated carbocycles. The summed E-state index contributed by atoms with van der Waals surface area (Å²) in [5.74, 6) is -1.26. The van der Waals surface area contributed by atoms with Gasteiger partial charge in [0.15, 0.2) is 0 Å². The summed E-state index contributed by atoms with van der Waals surface area (Å²) in [6.07, 6.45) is -2.47. The van der Waals surface area contributed by atoms with Crippen molar-refractivity contribution in [3.63, 3.8) is 0 Å². The van der Waals surface area contributed by atoms with Gasteiger partial charge in [0, 0.05) is 24.5 Å². The molecule has 232 valence electrons. The van der Waals surface area contributed by atoms with Crippen molar-refractivity contribution in [3.8, 4) is 0 Å². The fourth-order valence-corrected chi connectivity index (χ4v) is 5.67. The van der Waals surface area contributed by atoms with E-state index in [-0.39, 0.29) is 13.0 Å². The molecule has 0 aliphatic rings. The van der Waals surface area contributed by atoms with Crippen LogP contribution in [0.15, 0.2) is 72.8 Å². The van der Waals surface area contributed by atoms with Crippen molar-refractivity contribution < 1.29 is 31.2 Å². The standard InChI is InChI=1S/C30H32Cl2F3N3O4S/c1-3-4-15-36-29(40)27(17-21-9-6-5-7-10-21)37(19-22-11-8-12-23(31)16-22)28(39)20-38(43(2,41)42)24-13-14-26(32)25(18-24)30(33,34)35/h5-14,16,18,27H,3-4,15,17,19-20H2,1-2H3,(H,36,40)/t27-/m1/s1. The van der Waals surface area contributed by atoms with Crippen LogP contribution in [-0.4, -0.2) is 50.5 Å². The largest absolute Gasteiger partial charge is 0.417 e. The average Bonchev–Trinajstić information content (AvgIpc) is 2.93. The number of halogens is 5. The molecule has 2 amide bonds. The van der Waals surface area contributed by atoms with Crippen LogP contribution in [0.3, 0.4) is 0 Å². The molecule has 3 aromatic rings. The van der Waals surface area contributed by atoms with Crippen LogP contribution >= 0.6 is 23.2 Å². The number of carbonyl (C=O) groups excluding carboxylic acids is 2. The number of nitrogens with zero attached hydrogens (tertiary/aromatic N) is 2. The van der Waals surface area contributed by atoms with Gasteiger partial charge >= 0.3 is 6.18 Å². The summed E-state index contributed by atoms with van der Waals surface area (Å²) < 4.78 is 67.1. The van der Waals surface area contributed by atoms with E-state index in [1.807, 2.05) is 6.92 Å². The van der Waals surface area contributed by atoms with Crippen LogP contribution in [0.25, 0.3) is 0 Å². The maximum Gasteiger partial charge on any atom is 0.417 e. The third-order valence-electron chi connectivity index (χ3n) is 6.57. The lowest BCUT2D eigenvalue weighted by Gasteiger charge is -2.33. The Labute approximate surface area is 259 Å². The summed E-state index contributed by atoms with van der Waals surface area (Å²) in [5, 5.41) is 2.62. The van der Waals surface area contributed by atoms with Crippen LogP contribution in [0.4, 0.5) is 18.9 Å². The molecule has 0 heterocycles. The van der Waals surface area contributed by atoms with Gasteiger partial charge in [-0.2, -0.15) is 13.2 Å². The first-order valence-corrected chi connectivity index (χ1v) is 16.0. The Hall–Kier alpha value is -3.28. The summed E-state index contributed by atoms with van der Waals surface area (Å²) in [7, 11) is -4.27. The van der Waals surface area contributed by atoms with Gasteiger partial charge in [-0.15, -0.1) is 0 Å². The lowest BCUT2D eigenvalue weighted by molar-refractivity contribution is -0.140. The van der Waals surface area contributed by atoms with Gasteiger partial charge in [-0.25, -0.2) is 8.42 Å². The molecular weight excluding hydrogens is 626 g/mol. The molecule has 0 aliphatic carbocycles. The van der Waals surface area contributed by atoms with E-state index >= 15 is 0 Å². The van der Waals surface area contributed by atoms with Crippen LogP contribution in [0.5, 0.6) is 0 Å². The number of anilines is 1. The van der Waals surface area contributed by atoms with E-state index in [1.54, 1.807) is 54.6 Å². The van der Waals surface area contributed by atoms with E-state index in [9.17, 15) is 31.2 Å². The molecule has 1 N–H and O–H groups in total. The Morgan fingerprint density at radius 3 is 2.23 bits per heavy atom. The zero-order chi connectivity index (χ0) is 31.8. The van der Waals surface area contributed by atoms with Crippen LogP contribution < -0.4 is 9.62 Å². The molecule has 43 heavy (non-hydrogen) atoms. The van der Waals surface area contributed by atoms with Gasteiger partial charge in [-0.05, 0) is 47.9 Å². The quantitative estimate of drug-likeness (QED) is 0.218. The molecule has 0 fully saturated rings. The predicted molar refractivity (Wildman–Crippen MR) is 162 cm³/mol. The van der Waals surface area contributed by atoms with Crippen molar-refractivity contribution in [2.45, 2.75) is 44.9 Å². The van der Waals surface area contributed by atoms with Crippen molar-refractivity contribution in [2.24, 2.45) is 0 Å². The monoisotopic (exact) mass is 657 g/mol. The van der Waals surface area contributed by atoms with Crippen molar-refractivity contribution in [1.29, 1.82) is 0 Å². The number of hydrogen-bond donors (Lipinski definition) is 1. The molecular formula is C30H32Cl2F3N3O4S. The lowest BCUT2D eigenvalue weighted by Crippen LogP contribution is -2.53. The van der Waals surface area contributed by atoms with Gasteiger partial charge in [0.2, 0.25) is 21.8 Å². The van der Waals surface area contributed by atoms with E-state index in [0.29, 0.717) is 33.9 Å². The van der Waals surface area contributed by atoms with Gasteiger partial charge in [0.25, 0.3) is 0 Å². The molecule has 1 atom stereocenters. The zero-order valence-electron chi connectivity index (χ0n) is 23.6. The molecule has 0 aromatic heterocycles. The Morgan fingerprint density at radius 1 is 0.953 bits per heavy atom. The average molecular weight is 659 g/mol. The summed E-state index contributed by atoms with van der Waals surface area (Å²) in [4.78, 5) is 28.8. The third kappa shape index (κ3) is 9.87. The molecule has 0 unspecified atom stereocenters. The maximum absolute atomic E-state index is 14.0. The Kier molecular flexibility index (Phi) is 11.9. The van der Waals surface area contributed by atoms with Crippen molar-refractivity contribution in [2.75, 3.05) is 23.7 Å². The van der Waals surface area contributed by atoms with Crippen molar-refractivity contribution in [3.05, 3.63) is 99.5 Å². The maximum atomic E-state index is 14.0. The minimum absolute atomic E-state index is 0.100. The van der Waals surface area contributed by atoms with E-state index in [1.165, 1.54) is 4.90 Å². The number of alkyl halides is 3. The van der Waals surface area contributed by atoms with Gasteiger partial charge < -0.3 is 10.2 Å². The Morgan fingerprint density at radius 2 is 1.63 bits per heavy atom. The van der Waals surface area contributed by atoms with Crippen LogP contribution in [-0.2, 0) is 38.8 Å². The van der Waals surface area contributed by atoms with E-state index < -0.39 is 56.9 Å². The summed E-state index contributed by atoms with van der Waals surface area (Å²) in [6.45, 7) is 1.33. The third-order valence-corrected chi connectivity index (χ3v) is 8.27. The fourth-order valence-electron chi connectivity index (χ4n) is 4.39. The molecule has 0 saturated heterocycles. The van der Waals surface area contributed by atoms with Crippen molar-refractivity contribution >= 4 is 50.7 Å². The minimum atomic E-state index is -4.86. The molecule has 13 heteroatoms.